The molecule has 4 N–H and O–H groups in total. The smallest absolute Gasteiger partial charge is 0.348 e. The van der Waals surface area contributed by atoms with Crippen molar-refractivity contribution in [3.05, 3.63) is 51.3 Å². The lowest BCUT2D eigenvalue weighted by molar-refractivity contribution is 0.0563. The summed E-state index contributed by atoms with van der Waals surface area (Å²) in [5.41, 5.74) is 1.93. The van der Waals surface area contributed by atoms with Crippen molar-refractivity contribution in [3.8, 4) is 11.1 Å². The van der Waals surface area contributed by atoms with E-state index >= 15 is 0 Å². The molecular formula is C27H31ClN8O5S2. The van der Waals surface area contributed by atoms with Crippen LogP contribution < -0.4 is 10.0 Å². The Kier molecular flexibility index (Phi) is 8.72. The molecule has 0 bridgehead atoms. The third kappa shape index (κ3) is 6.96. The summed E-state index contributed by atoms with van der Waals surface area (Å²) in [4.78, 5) is 38.7. The van der Waals surface area contributed by atoms with Crippen LogP contribution in [0.5, 0.6) is 0 Å². The fourth-order valence-electron chi connectivity index (χ4n) is 5.26. The monoisotopic (exact) mass is 646 g/mol. The first-order valence-corrected chi connectivity index (χ1v) is 16.5. The maximum atomic E-state index is 13.5. The number of carboxylic acid groups (broad SMARTS) is 1. The van der Waals surface area contributed by atoms with Crippen molar-refractivity contribution in [1.82, 2.24) is 30.0 Å². The summed E-state index contributed by atoms with van der Waals surface area (Å²) < 4.78 is 25.9. The third-order valence-electron chi connectivity index (χ3n) is 7.14. The minimum atomic E-state index is -3.61. The highest BCUT2D eigenvalue weighted by molar-refractivity contribution is 7.92. The van der Waals surface area contributed by atoms with E-state index in [0.29, 0.717) is 51.4 Å². The van der Waals surface area contributed by atoms with Crippen molar-refractivity contribution < 1.29 is 23.1 Å². The molecule has 1 amide bonds. The Morgan fingerprint density at radius 3 is 2.60 bits per heavy atom. The zero-order valence-electron chi connectivity index (χ0n) is 23.9. The van der Waals surface area contributed by atoms with Crippen LogP contribution in [0.25, 0.3) is 22.0 Å². The predicted octanol–water partition coefficient (Wildman–Crippen LogP) is 3.97. The van der Waals surface area contributed by atoms with Crippen molar-refractivity contribution >= 4 is 67.1 Å². The number of benzene rings is 1. The molecule has 1 aliphatic rings. The molecule has 5 rings (SSSR count). The van der Waals surface area contributed by atoms with E-state index in [0.717, 1.165) is 37.2 Å². The van der Waals surface area contributed by atoms with Gasteiger partial charge in [0, 0.05) is 48.9 Å². The quantitative estimate of drug-likeness (QED) is 0.195. The third-order valence-corrected chi connectivity index (χ3v) is 9.06. The number of piperazine rings is 1. The summed E-state index contributed by atoms with van der Waals surface area (Å²) in [6.45, 7) is 9.49. The predicted molar refractivity (Wildman–Crippen MR) is 166 cm³/mol. The van der Waals surface area contributed by atoms with Crippen LogP contribution in [0.4, 0.5) is 11.4 Å². The number of rotatable bonds is 9. The maximum Gasteiger partial charge on any atom is 0.348 e. The van der Waals surface area contributed by atoms with Crippen LogP contribution in [-0.4, -0.2) is 93.3 Å². The van der Waals surface area contributed by atoms with E-state index in [4.69, 9.17) is 11.6 Å². The number of aromatic amines is 1. The summed E-state index contributed by atoms with van der Waals surface area (Å²) in [5.74, 6) is -1.90. The number of hydrogen-bond donors (Lipinski definition) is 4. The average molecular weight is 647 g/mol. The standard InChI is InChI=1S/C27H31ClN8O5S2/c1-14(2)36-6-5-35(12-15(36)3)13-22-32-23(24(42-22)27(38)39)26(37)31-19-7-16(8-20-18(19)11-30-33-20)17-9-21(25(28)29-10-17)34-43(4,40)41/h7-11,14-15,34H,5-6,12-13H2,1-4H3,(H,30,33)(H,31,37)(H,38,39). The van der Waals surface area contributed by atoms with Crippen molar-refractivity contribution in [2.45, 2.75) is 39.4 Å². The minimum absolute atomic E-state index is 0.0258. The maximum absolute atomic E-state index is 13.5. The zero-order valence-corrected chi connectivity index (χ0v) is 26.3. The van der Waals surface area contributed by atoms with E-state index in [9.17, 15) is 23.1 Å². The highest BCUT2D eigenvalue weighted by atomic mass is 35.5. The number of anilines is 2. The largest absolute Gasteiger partial charge is 0.477 e. The Hall–Kier alpha value is -3.63. The molecule has 1 aromatic carbocycles. The number of aromatic nitrogens is 4. The molecule has 13 nitrogen and oxygen atoms in total. The van der Waals surface area contributed by atoms with Gasteiger partial charge in [-0.25, -0.2) is 23.2 Å². The molecule has 1 fully saturated rings. The van der Waals surface area contributed by atoms with Crippen LogP contribution in [0, 0.1) is 0 Å². The number of nitrogens with zero attached hydrogens (tertiary/aromatic N) is 5. The molecule has 43 heavy (non-hydrogen) atoms. The van der Waals surface area contributed by atoms with Gasteiger partial charge in [0.25, 0.3) is 5.91 Å². The summed E-state index contributed by atoms with van der Waals surface area (Å²) in [6, 6.07) is 5.73. The first-order chi connectivity index (χ1) is 20.3. The van der Waals surface area contributed by atoms with E-state index in [1.807, 2.05) is 0 Å². The van der Waals surface area contributed by atoms with Gasteiger partial charge in [0.1, 0.15) is 9.88 Å². The number of pyridine rings is 1. The van der Waals surface area contributed by atoms with E-state index in [1.165, 1.54) is 18.5 Å². The van der Waals surface area contributed by atoms with Crippen LogP contribution in [0.15, 0.2) is 30.6 Å². The number of sulfonamides is 1. The van der Waals surface area contributed by atoms with Crippen molar-refractivity contribution in [1.29, 1.82) is 0 Å². The van der Waals surface area contributed by atoms with Gasteiger partial charge >= 0.3 is 5.97 Å². The number of thiazole rings is 1. The number of carbonyl (C=O) groups excluding carboxylic acids is 1. The molecule has 3 aromatic heterocycles. The summed E-state index contributed by atoms with van der Waals surface area (Å²) in [7, 11) is -3.61. The molecule has 1 unspecified atom stereocenters. The van der Waals surface area contributed by atoms with Crippen LogP contribution in [0.3, 0.4) is 0 Å². The second-order valence-electron chi connectivity index (χ2n) is 10.8. The van der Waals surface area contributed by atoms with Gasteiger partial charge in [0.2, 0.25) is 10.0 Å². The van der Waals surface area contributed by atoms with Crippen LogP contribution in [-0.2, 0) is 16.6 Å². The summed E-state index contributed by atoms with van der Waals surface area (Å²) in [5, 5.41) is 20.7. The Labute approximate surface area is 257 Å². The average Bonchev–Trinajstić information content (AvgIpc) is 3.56. The lowest BCUT2D eigenvalue weighted by Crippen LogP contribution is -2.53. The fraction of sp³-hybridized carbons (Fsp3) is 0.370. The van der Waals surface area contributed by atoms with E-state index in [1.54, 1.807) is 12.1 Å². The Morgan fingerprint density at radius 2 is 1.93 bits per heavy atom. The number of carboxylic acids is 1. The normalized spacial score (nSPS) is 16.6. The van der Waals surface area contributed by atoms with Gasteiger partial charge in [-0.2, -0.15) is 5.10 Å². The second kappa shape index (κ2) is 12.2. The topological polar surface area (TPSA) is 174 Å². The Morgan fingerprint density at radius 1 is 1.19 bits per heavy atom. The lowest BCUT2D eigenvalue weighted by Gasteiger charge is -2.41. The molecule has 1 atom stereocenters. The van der Waals surface area contributed by atoms with Gasteiger partial charge in [0.15, 0.2) is 10.8 Å². The Bertz CT molecular complexity index is 1810. The van der Waals surface area contributed by atoms with Crippen molar-refractivity contribution in [2.24, 2.45) is 0 Å². The highest BCUT2D eigenvalue weighted by Crippen LogP contribution is 2.33. The van der Waals surface area contributed by atoms with E-state index < -0.39 is 21.9 Å². The van der Waals surface area contributed by atoms with Crippen molar-refractivity contribution in [3.63, 3.8) is 0 Å². The number of hydrogen-bond acceptors (Lipinski definition) is 10. The van der Waals surface area contributed by atoms with E-state index in [2.05, 4.69) is 60.8 Å². The van der Waals surface area contributed by atoms with Gasteiger partial charge in [-0.05, 0) is 44.5 Å². The van der Waals surface area contributed by atoms with Crippen LogP contribution in [0.1, 0.15) is 45.9 Å². The van der Waals surface area contributed by atoms with Gasteiger partial charge in [0.05, 0.1) is 35.9 Å². The zero-order chi connectivity index (χ0) is 31.1. The van der Waals surface area contributed by atoms with Crippen LogP contribution in [0.2, 0.25) is 5.15 Å². The molecular weight excluding hydrogens is 616 g/mol. The molecule has 0 spiro atoms. The van der Waals surface area contributed by atoms with Gasteiger partial charge in [-0.1, -0.05) is 11.6 Å². The van der Waals surface area contributed by atoms with Gasteiger partial charge in [-0.15, -0.1) is 11.3 Å². The van der Waals surface area contributed by atoms with Gasteiger partial charge in [-0.3, -0.25) is 24.4 Å². The molecule has 0 aliphatic carbocycles. The minimum Gasteiger partial charge on any atom is -0.477 e. The first-order valence-electron chi connectivity index (χ1n) is 13.4. The summed E-state index contributed by atoms with van der Waals surface area (Å²) >= 11 is 7.09. The molecule has 1 saturated heterocycles. The fourth-order valence-corrected chi connectivity index (χ4v) is 6.96. The molecule has 16 heteroatoms. The second-order valence-corrected chi connectivity index (χ2v) is 13.9. The number of carbonyl (C=O) groups is 2. The molecule has 0 radical (unpaired) electrons. The molecule has 0 saturated carbocycles. The first kappa shape index (κ1) is 30.8. The number of halogens is 1. The van der Waals surface area contributed by atoms with Crippen molar-refractivity contribution in [2.75, 3.05) is 35.9 Å². The molecule has 1 aliphatic heterocycles. The number of H-pyrrole nitrogens is 1. The molecule has 4 heterocycles. The number of amides is 1. The number of nitrogens with one attached hydrogen (secondary N) is 3. The lowest BCUT2D eigenvalue weighted by atomic mass is 10.0. The SMILES string of the molecule is CC(C)N1CCN(Cc2nc(C(=O)Nc3cc(-c4cnc(Cl)c(NS(C)(=O)=O)c4)cc4[nH]ncc34)c(C(=O)O)s2)CC1C. The van der Waals surface area contributed by atoms with Gasteiger partial charge < -0.3 is 10.4 Å². The summed E-state index contributed by atoms with van der Waals surface area (Å²) in [6.07, 6.45) is 4.01. The Balaban J connectivity index is 1.42. The van der Waals surface area contributed by atoms with E-state index in [-0.39, 0.29) is 21.4 Å². The van der Waals surface area contributed by atoms with Crippen LogP contribution >= 0.6 is 22.9 Å². The molecule has 228 valence electrons. The number of aromatic carboxylic acids is 1. The molecule has 4 aromatic rings. The number of fused-ring (bicyclic) bond motifs is 1. The highest BCUT2D eigenvalue weighted by Gasteiger charge is 2.28.